The molecule has 0 saturated heterocycles. The predicted molar refractivity (Wildman–Crippen MR) is 57.8 cm³/mol. The average molecular weight is 212 g/mol. The number of nitrogens with zero attached hydrogens (tertiary/aromatic N) is 2. The zero-order valence-electron chi connectivity index (χ0n) is 8.42. The van der Waals surface area contributed by atoms with Gasteiger partial charge in [0.25, 0.3) is 0 Å². The second-order valence-electron chi connectivity index (χ2n) is 3.85. The molecule has 0 atom stereocenters. The largest absolute Gasteiger partial charge is 0.367 e. The molecule has 14 heavy (non-hydrogen) atoms. The first kappa shape index (κ1) is 9.71. The van der Waals surface area contributed by atoms with Crippen molar-refractivity contribution >= 4 is 17.4 Å². The van der Waals surface area contributed by atoms with E-state index in [2.05, 4.69) is 15.3 Å². The molecule has 76 valence electrons. The molecule has 0 unspecified atom stereocenters. The molecule has 0 aliphatic heterocycles. The molecule has 1 aromatic heterocycles. The summed E-state index contributed by atoms with van der Waals surface area (Å²) in [6.45, 7) is 3.88. The number of hydrogen-bond donors (Lipinski definition) is 1. The molecule has 1 heterocycles. The highest BCUT2D eigenvalue weighted by Crippen LogP contribution is 2.27. The maximum atomic E-state index is 5.90. The van der Waals surface area contributed by atoms with Crippen LogP contribution in [0.2, 0.25) is 0 Å². The zero-order chi connectivity index (χ0) is 10.1. The molecule has 0 spiro atoms. The molecule has 0 bridgehead atoms. The lowest BCUT2D eigenvalue weighted by Gasteiger charge is -2.31. The third-order valence-corrected chi connectivity index (χ3v) is 2.75. The van der Waals surface area contributed by atoms with E-state index in [9.17, 15) is 0 Å². The third-order valence-electron chi connectivity index (χ3n) is 2.40. The molecule has 1 aliphatic rings. The van der Waals surface area contributed by atoms with E-state index in [0.29, 0.717) is 11.4 Å². The van der Waals surface area contributed by atoms with Gasteiger partial charge in [0.2, 0.25) is 0 Å². The van der Waals surface area contributed by atoms with E-state index in [4.69, 9.17) is 11.6 Å². The summed E-state index contributed by atoms with van der Waals surface area (Å²) in [4.78, 5) is 8.54. The second kappa shape index (κ2) is 3.73. The van der Waals surface area contributed by atoms with E-state index in [0.717, 1.165) is 30.2 Å². The number of alkyl halides is 1. The summed E-state index contributed by atoms with van der Waals surface area (Å²) in [7, 11) is 0. The minimum atomic E-state index is 0.344. The highest BCUT2D eigenvalue weighted by Gasteiger charge is 2.27. The van der Waals surface area contributed by atoms with Gasteiger partial charge in [0.15, 0.2) is 0 Å². The van der Waals surface area contributed by atoms with Crippen LogP contribution in [0.4, 0.5) is 5.82 Å². The zero-order valence-corrected chi connectivity index (χ0v) is 9.17. The summed E-state index contributed by atoms with van der Waals surface area (Å²) in [6, 6.07) is 2.46. The standard InChI is InChI=1S/C10H14ClN3/c1-6-3-10(13-7(2)12-6)14-9-4-8(11)5-9/h3,8-9H,4-5H2,1-2H3,(H,12,13,14). The second-order valence-corrected chi connectivity index (χ2v) is 4.47. The monoisotopic (exact) mass is 211 g/mol. The molecule has 1 aliphatic carbocycles. The van der Waals surface area contributed by atoms with Crippen LogP contribution in [-0.2, 0) is 0 Å². The Labute approximate surface area is 88.9 Å². The fourth-order valence-electron chi connectivity index (χ4n) is 1.67. The van der Waals surface area contributed by atoms with Gasteiger partial charge >= 0.3 is 0 Å². The Morgan fingerprint density at radius 1 is 1.36 bits per heavy atom. The molecule has 0 radical (unpaired) electrons. The van der Waals surface area contributed by atoms with Crippen LogP contribution in [0, 0.1) is 13.8 Å². The summed E-state index contributed by atoms with van der Waals surface area (Å²) in [5.41, 5.74) is 1.00. The fourth-order valence-corrected chi connectivity index (χ4v) is 2.10. The van der Waals surface area contributed by atoms with Gasteiger partial charge < -0.3 is 5.32 Å². The van der Waals surface area contributed by atoms with Gasteiger partial charge in [-0.1, -0.05) is 0 Å². The van der Waals surface area contributed by atoms with Gasteiger partial charge in [-0.3, -0.25) is 0 Å². The fraction of sp³-hybridized carbons (Fsp3) is 0.600. The van der Waals surface area contributed by atoms with Gasteiger partial charge in [-0.15, -0.1) is 11.6 Å². The Balaban J connectivity index is 2.02. The van der Waals surface area contributed by atoms with Gasteiger partial charge in [0, 0.05) is 23.2 Å². The quantitative estimate of drug-likeness (QED) is 0.763. The predicted octanol–water partition coefficient (Wildman–Crippen LogP) is 2.28. The number of rotatable bonds is 2. The van der Waals surface area contributed by atoms with Crippen molar-refractivity contribution in [1.82, 2.24) is 9.97 Å². The molecule has 3 nitrogen and oxygen atoms in total. The Bertz CT molecular complexity index is 314. The summed E-state index contributed by atoms with van der Waals surface area (Å²) in [5.74, 6) is 1.73. The van der Waals surface area contributed by atoms with Crippen molar-refractivity contribution in [2.75, 3.05) is 5.32 Å². The first-order valence-corrected chi connectivity index (χ1v) is 5.30. The number of anilines is 1. The molecule has 0 aromatic carbocycles. The first-order chi connectivity index (χ1) is 6.63. The van der Waals surface area contributed by atoms with Crippen LogP contribution in [0.25, 0.3) is 0 Å². The Kier molecular flexibility index (Phi) is 2.59. The van der Waals surface area contributed by atoms with E-state index >= 15 is 0 Å². The van der Waals surface area contributed by atoms with Crippen molar-refractivity contribution in [1.29, 1.82) is 0 Å². The minimum absolute atomic E-state index is 0.344. The Hall–Kier alpha value is -0.830. The normalized spacial score (nSPS) is 25.6. The van der Waals surface area contributed by atoms with Crippen LogP contribution in [0.3, 0.4) is 0 Å². The van der Waals surface area contributed by atoms with Crippen LogP contribution in [-0.4, -0.2) is 21.4 Å². The van der Waals surface area contributed by atoms with E-state index in [1.54, 1.807) is 0 Å². The molecular formula is C10H14ClN3. The number of halogens is 1. The van der Waals surface area contributed by atoms with E-state index in [1.807, 2.05) is 19.9 Å². The number of aromatic nitrogens is 2. The van der Waals surface area contributed by atoms with E-state index < -0.39 is 0 Å². The van der Waals surface area contributed by atoms with Gasteiger partial charge in [0.05, 0.1) is 0 Å². The van der Waals surface area contributed by atoms with E-state index in [1.165, 1.54) is 0 Å². The van der Waals surface area contributed by atoms with Crippen LogP contribution >= 0.6 is 11.6 Å². The number of hydrogen-bond acceptors (Lipinski definition) is 3. The van der Waals surface area contributed by atoms with Crippen molar-refractivity contribution < 1.29 is 0 Å². The molecular weight excluding hydrogens is 198 g/mol. The summed E-state index contributed by atoms with van der Waals surface area (Å²) in [5, 5.41) is 3.70. The van der Waals surface area contributed by atoms with Crippen molar-refractivity contribution in [3.8, 4) is 0 Å². The number of nitrogens with one attached hydrogen (secondary N) is 1. The topological polar surface area (TPSA) is 37.8 Å². The molecule has 1 fully saturated rings. The SMILES string of the molecule is Cc1cc(NC2CC(Cl)C2)nc(C)n1. The number of aryl methyl sites for hydroxylation is 2. The van der Waals surface area contributed by atoms with Crippen LogP contribution in [0.1, 0.15) is 24.4 Å². The Morgan fingerprint density at radius 3 is 2.64 bits per heavy atom. The summed E-state index contributed by atoms with van der Waals surface area (Å²) < 4.78 is 0. The molecule has 1 N–H and O–H groups in total. The molecule has 1 aromatic rings. The van der Waals surface area contributed by atoms with E-state index in [-0.39, 0.29) is 0 Å². The molecule has 1 saturated carbocycles. The van der Waals surface area contributed by atoms with Crippen LogP contribution < -0.4 is 5.32 Å². The van der Waals surface area contributed by atoms with Crippen molar-refractivity contribution in [2.45, 2.75) is 38.1 Å². The van der Waals surface area contributed by atoms with Crippen molar-refractivity contribution in [2.24, 2.45) is 0 Å². The van der Waals surface area contributed by atoms with Gasteiger partial charge in [-0.25, -0.2) is 9.97 Å². The lowest BCUT2D eigenvalue weighted by molar-refractivity contribution is 0.453. The smallest absolute Gasteiger partial charge is 0.130 e. The Morgan fingerprint density at radius 2 is 2.07 bits per heavy atom. The maximum Gasteiger partial charge on any atom is 0.130 e. The first-order valence-electron chi connectivity index (χ1n) is 4.86. The maximum absolute atomic E-state index is 5.90. The summed E-state index contributed by atoms with van der Waals surface area (Å²) >= 11 is 5.90. The average Bonchev–Trinajstić information content (AvgIpc) is 1.99. The molecule has 0 amide bonds. The van der Waals surface area contributed by atoms with Gasteiger partial charge in [0.1, 0.15) is 11.6 Å². The highest BCUT2D eigenvalue weighted by atomic mass is 35.5. The molecule has 2 rings (SSSR count). The van der Waals surface area contributed by atoms with Crippen LogP contribution in [0.15, 0.2) is 6.07 Å². The minimum Gasteiger partial charge on any atom is -0.367 e. The van der Waals surface area contributed by atoms with Crippen molar-refractivity contribution in [3.63, 3.8) is 0 Å². The summed E-state index contributed by atoms with van der Waals surface area (Å²) in [6.07, 6.45) is 2.06. The lowest BCUT2D eigenvalue weighted by atomic mass is 9.92. The van der Waals surface area contributed by atoms with Crippen LogP contribution in [0.5, 0.6) is 0 Å². The third kappa shape index (κ3) is 2.15. The lowest BCUT2D eigenvalue weighted by Crippen LogP contribution is -2.36. The van der Waals surface area contributed by atoms with Gasteiger partial charge in [-0.2, -0.15) is 0 Å². The van der Waals surface area contributed by atoms with Gasteiger partial charge in [-0.05, 0) is 26.7 Å². The molecule has 4 heteroatoms. The highest BCUT2D eigenvalue weighted by molar-refractivity contribution is 6.21. The van der Waals surface area contributed by atoms with Crippen molar-refractivity contribution in [3.05, 3.63) is 17.6 Å².